The summed E-state index contributed by atoms with van der Waals surface area (Å²) in [5.41, 5.74) is 2.29. The highest BCUT2D eigenvalue weighted by molar-refractivity contribution is 7.09. The van der Waals surface area contributed by atoms with E-state index >= 15 is 0 Å². The highest BCUT2D eigenvalue weighted by Gasteiger charge is 2.54. The summed E-state index contributed by atoms with van der Waals surface area (Å²) in [5, 5.41) is 15.4. The third-order valence-electron chi connectivity index (χ3n) is 6.54. The minimum atomic E-state index is -1.20. The van der Waals surface area contributed by atoms with Crippen molar-refractivity contribution in [3.8, 4) is 0 Å². The van der Waals surface area contributed by atoms with E-state index in [9.17, 15) is 19.5 Å². The lowest BCUT2D eigenvalue weighted by atomic mass is 9.83. The van der Waals surface area contributed by atoms with Crippen molar-refractivity contribution >= 4 is 34.9 Å². The van der Waals surface area contributed by atoms with Gasteiger partial charge in [-0.3, -0.25) is 14.7 Å². The van der Waals surface area contributed by atoms with E-state index in [2.05, 4.69) is 10.3 Å². The highest BCUT2D eigenvalue weighted by Crippen LogP contribution is 2.42. The van der Waals surface area contributed by atoms with Crippen LogP contribution in [0, 0.1) is 0 Å². The molecule has 2 aliphatic rings. The van der Waals surface area contributed by atoms with Crippen molar-refractivity contribution in [2.75, 3.05) is 0 Å². The van der Waals surface area contributed by atoms with Gasteiger partial charge in [-0.25, -0.2) is 14.6 Å². The molecule has 0 bridgehead atoms. The van der Waals surface area contributed by atoms with Gasteiger partial charge in [0.15, 0.2) is 0 Å². The van der Waals surface area contributed by atoms with Gasteiger partial charge in [0.05, 0.1) is 17.7 Å². The molecule has 10 heteroatoms. The van der Waals surface area contributed by atoms with Crippen molar-refractivity contribution in [1.29, 1.82) is 0 Å². The molecule has 1 fully saturated rings. The number of benzene rings is 1. The summed E-state index contributed by atoms with van der Waals surface area (Å²) in [6.45, 7) is 5.20. The van der Waals surface area contributed by atoms with E-state index in [4.69, 9.17) is 9.72 Å². The number of allylic oxidation sites excluding steroid dienone is 1. The fourth-order valence-electron chi connectivity index (χ4n) is 4.98. The third kappa shape index (κ3) is 4.91. The van der Waals surface area contributed by atoms with E-state index in [1.807, 2.05) is 54.0 Å². The van der Waals surface area contributed by atoms with Crippen LogP contribution in [0.25, 0.3) is 5.57 Å². The van der Waals surface area contributed by atoms with Gasteiger partial charge in [0.1, 0.15) is 22.3 Å². The number of thiazole rings is 1. The van der Waals surface area contributed by atoms with E-state index in [1.165, 1.54) is 16.2 Å². The first-order valence-corrected chi connectivity index (χ1v) is 13.2. The molecule has 4 heterocycles. The number of carboxylic acid groups (broad SMARTS) is 1. The number of carbonyl (C=O) groups excluding carboxylic acids is 2. The maximum Gasteiger partial charge on any atom is 0.408 e. The summed E-state index contributed by atoms with van der Waals surface area (Å²) in [4.78, 5) is 48.1. The molecule has 5 rings (SSSR count). The lowest BCUT2D eigenvalue weighted by molar-refractivity contribution is -0.153. The minimum absolute atomic E-state index is 0.0806. The number of alkyl carbamates (subject to hydrolysis) is 1. The number of carboxylic acids is 1. The van der Waals surface area contributed by atoms with Gasteiger partial charge in [-0.1, -0.05) is 36.4 Å². The molecule has 196 valence electrons. The van der Waals surface area contributed by atoms with Gasteiger partial charge in [0.25, 0.3) is 5.91 Å². The topological polar surface area (TPSA) is 122 Å². The van der Waals surface area contributed by atoms with Gasteiger partial charge in [-0.15, -0.1) is 11.3 Å². The molecule has 0 radical (unpaired) electrons. The van der Waals surface area contributed by atoms with Gasteiger partial charge >= 0.3 is 12.1 Å². The van der Waals surface area contributed by atoms with Crippen molar-refractivity contribution in [1.82, 2.24) is 20.2 Å². The molecule has 0 aliphatic carbocycles. The number of aliphatic carboxylic acids is 1. The first-order chi connectivity index (χ1) is 18.1. The lowest BCUT2D eigenvalue weighted by Gasteiger charge is -2.50. The molecule has 0 saturated carbocycles. The number of nitrogens with zero attached hydrogens (tertiary/aromatic N) is 3. The number of rotatable bonds is 6. The van der Waals surface area contributed by atoms with Crippen LogP contribution in [0.4, 0.5) is 4.79 Å². The average Bonchev–Trinajstić information content (AvgIpc) is 3.36. The zero-order chi connectivity index (χ0) is 27.0. The summed E-state index contributed by atoms with van der Waals surface area (Å²) in [7, 11) is 0. The monoisotopic (exact) mass is 532 g/mol. The average molecular weight is 533 g/mol. The molecule has 1 aromatic carbocycles. The molecule has 1 unspecified atom stereocenters. The molecule has 3 atom stereocenters. The molecule has 1 saturated heterocycles. The standard InChI is InChI=1S/C28H28N4O5S/c1-28(2,3)37-27(36)31-22-20-12-11-18(23(26(34)35)32(20)25(22)33)19-15-38-24(30-19)21(16-8-5-4-6-9-16)17-10-7-13-29-14-17/h4-10,13-15,20-22H,11-12H2,1-3H3,(H,31,36)(H,34,35)/t20-,21?,22+/m1/s1. The van der Waals surface area contributed by atoms with Gasteiger partial charge in [0.2, 0.25) is 0 Å². The third-order valence-corrected chi connectivity index (χ3v) is 7.45. The van der Waals surface area contributed by atoms with Crippen molar-refractivity contribution in [3.63, 3.8) is 0 Å². The van der Waals surface area contributed by atoms with E-state index in [0.29, 0.717) is 24.1 Å². The second kappa shape index (κ2) is 10.0. The Kier molecular flexibility index (Phi) is 6.75. The van der Waals surface area contributed by atoms with Crippen molar-refractivity contribution in [2.24, 2.45) is 0 Å². The fourth-order valence-corrected chi connectivity index (χ4v) is 5.96. The van der Waals surface area contributed by atoms with Crippen LogP contribution in [0.15, 0.2) is 65.9 Å². The van der Waals surface area contributed by atoms with E-state index in [1.54, 1.807) is 27.0 Å². The largest absolute Gasteiger partial charge is 0.477 e. The van der Waals surface area contributed by atoms with Crippen molar-refractivity contribution < 1.29 is 24.2 Å². The quantitative estimate of drug-likeness (QED) is 0.451. The summed E-state index contributed by atoms with van der Waals surface area (Å²) < 4.78 is 5.27. The summed E-state index contributed by atoms with van der Waals surface area (Å²) >= 11 is 1.45. The molecule has 2 aliphatic heterocycles. The Labute approximate surface area is 224 Å². The molecule has 9 nitrogen and oxygen atoms in total. The molecular weight excluding hydrogens is 504 g/mol. The second-order valence-corrected chi connectivity index (χ2v) is 11.2. The number of amides is 2. The van der Waals surface area contributed by atoms with Crippen LogP contribution in [-0.4, -0.2) is 55.6 Å². The number of carbonyl (C=O) groups is 3. The first-order valence-electron chi connectivity index (χ1n) is 12.3. The number of hydrogen-bond acceptors (Lipinski definition) is 7. The van der Waals surface area contributed by atoms with Gasteiger partial charge in [0, 0.05) is 23.3 Å². The van der Waals surface area contributed by atoms with E-state index in [0.717, 1.165) is 16.1 Å². The highest BCUT2D eigenvalue weighted by atomic mass is 32.1. The lowest BCUT2D eigenvalue weighted by Crippen LogP contribution is -2.71. The number of ether oxygens (including phenoxy) is 1. The normalized spacial score (nSPS) is 19.9. The molecular formula is C28H28N4O5S. The van der Waals surface area contributed by atoms with E-state index in [-0.39, 0.29) is 11.6 Å². The Morgan fingerprint density at radius 1 is 1.16 bits per heavy atom. The van der Waals surface area contributed by atoms with E-state index < -0.39 is 35.7 Å². The molecule has 2 aromatic heterocycles. The number of aromatic nitrogens is 2. The minimum Gasteiger partial charge on any atom is -0.477 e. The number of hydrogen-bond donors (Lipinski definition) is 2. The smallest absolute Gasteiger partial charge is 0.408 e. The van der Waals surface area contributed by atoms with Crippen molar-refractivity contribution in [2.45, 2.75) is 57.2 Å². The summed E-state index contributed by atoms with van der Waals surface area (Å²) in [5.74, 6) is -1.83. The van der Waals surface area contributed by atoms with Crippen LogP contribution < -0.4 is 5.32 Å². The predicted octanol–water partition coefficient (Wildman–Crippen LogP) is 4.41. The van der Waals surface area contributed by atoms with Gasteiger partial charge in [-0.05, 0) is 50.8 Å². The number of pyridine rings is 1. The van der Waals surface area contributed by atoms with Crippen molar-refractivity contribution in [3.05, 3.63) is 87.8 Å². The zero-order valence-electron chi connectivity index (χ0n) is 21.2. The van der Waals surface area contributed by atoms with Gasteiger partial charge < -0.3 is 15.2 Å². The Balaban J connectivity index is 1.45. The second-order valence-electron chi connectivity index (χ2n) is 10.3. The van der Waals surface area contributed by atoms with Crippen LogP contribution in [0.2, 0.25) is 0 Å². The molecule has 3 aromatic rings. The Morgan fingerprint density at radius 3 is 2.55 bits per heavy atom. The van der Waals surface area contributed by atoms with Gasteiger partial charge in [-0.2, -0.15) is 0 Å². The fraction of sp³-hybridized carbons (Fsp3) is 0.321. The number of nitrogens with one attached hydrogen (secondary N) is 1. The molecule has 0 spiro atoms. The van der Waals surface area contributed by atoms with Crippen LogP contribution >= 0.6 is 11.3 Å². The Hall–Kier alpha value is -4.05. The summed E-state index contributed by atoms with van der Waals surface area (Å²) in [6.07, 6.45) is 3.73. The van der Waals surface area contributed by atoms with Crippen LogP contribution in [0.1, 0.15) is 61.4 Å². The predicted molar refractivity (Wildman–Crippen MR) is 141 cm³/mol. The zero-order valence-corrected chi connectivity index (χ0v) is 22.1. The summed E-state index contributed by atoms with van der Waals surface area (Å²) in [6, 6.07) is 12.6. The maximum absolute atomic E-state index is 13.0. The SMILES string of the molecule is CC(C)(C)OC(=O)N[C@@H]1C(=O)N2C(C(=O)O)=C(c3csc(C(c4ccccc4)c4cccnc4)n3)CC[C@H]12. The first kappa shape index (κ1) is 25.6. The molecule has 38 heavy (non-hydrogen) atoms. The number of fused-ring (bicyclic) bond motifs is 1. The van der Waals surface area contributed by atoms with Crippen LogP contribution in [0.5, 0.6) is 0 Å². The van der Waals surface area contributed by atoms with Crippen LogP contribution in [-0.2, 0) is 14.3 Å². The Bertz CT molecular complexity index is 1360. The maximum atomic E-state index is 13.0. The Morgan fingerprint density at radius 2 is 1.89 bits per heavy atom. The molecule has 2 amide bonds. The van der Waals surface area contributed by atoms with Crippen LogP contribution in [0.3, 0.4) is 0 Å². The molecule has 2 N–H and O–H groups in total. The number of β-lactam (4-membered cyclic amide) rings is 1.